The molecule has 0 radical (unpaired) electrons. The fourth-order valence-electron chi connectivity index (χ4n) is 1.36. The van der Waals surface area contributed by atoms with Gasteiger partial charge in [0, 0.05) is 18.7 Å². The molecule has 0 rings (SSSR count). The average molecular weight is 203 g/mol. The number of rotatable bonds is 7. The lowest BCUT2D eigenvalue weighted by molar-refractivity contribution is -0.141. The van der Waals surface area contributed by atoms with E-state index in [9.17, 15) is 4.79 Å². The van der Waals surface area contributed by atoms with Gasteiger partial charge in [-0.2, -0.15) is 0 Å². The number of esters is 1. The molecule has 0 aliphatic rings. The van der Waals surface area contributed by atoms with E-state index >= 15 is 0 Å². The maximum Gasteiger partial charge on any atom is 0.307 e. The van der Waals surface area contributed by atoms with Crippen molar-refractivity contribution >= 4 is 5.97 Å². The fourth-order valence-corrected chi connectivity index (χ4v) is 1.36. The lowest BCUT2D eigenvalue weighted by Crippen LogP contribution is -2.38. The predicted octanol–water partition coefficient (Wildman–Crippen LogP) is 0.689. The standard InChI is InChI=1S/C10H21NO3/c1-4-9(5-6-12)11-8(2)7-10(13)14-3/h8-9,11-12H,4-7H2,1-3H3. The minimum absolute atomic E-state index is 0.0962. The first-order chi connectivity index (χ1) is 6.63. The van der Waals surface area contributed by atoms with Gasteiger partial charge in [0.05, 0.1) is 13.5 Å². The van der Waals surface area contributed by atoms with Gasteiger partial charge in [0.1, 0.15) is 0 Å². The number of aliphatic hydroxyl groups excluding tert-OH is 1. The van der Waals surface area contributed by atoms with Gasteiger partial charge in [-0.05, 0) is 19.8 Å². The monoisotopic (exact) mass is 203 g/mol. The molecule has 0 bridgehead atoms. The van der Waals surface area contributed by atoms with Crippen LogP contribution >= 0.6 is 0 Å². The van der Waals surface area contributed by atoms with Gasteiger partial charge in [-0.15, -0.1) is 0 Å². The van der Waals surface area contributed by atoms with Gasteiger partial charge in [0.25, 0.3) is 0 Å². The van der Waals surface area contributed by atoms with Crippen LogP contribution in [0.1, 0.15) is 33.1 Å². The third-order valence-corrected chi connectivity index (χ3v) is 2.19. The van der Waals surface area contributed by atoms with Crippen LogP contribution in [0.3, 0.4) is 0 Å². The summed E-state index contributed by atoms with van der Waals surface area (Å²) in [4.78, 5) is 10.9. The summed E-state index contributed by atoms with van der Waals surface area (Å²) >= 11 is 0. The Balaban J connectivity index is 3.77. The second kappa shape index (κ2) is 7.76. The molecule has 0 aromatic carbocycles. The Morgan fingerprint density at radius 3 is 2.64 bits per heavy atom. The molecule has 84 valence electrons. The number of hydrogen-bond acceptors (Lipinski definition) is 4. The van der Waals surface area contributed by atoms with E-state index < -0.39 is 0 Å². The minimum atomic E-state index is -0.205. The summed E-state index contributed by atoms with van der Waals surface area (Å²) in [7, 11) is 1.39. The topological polar surface area (TPSA) is 58.6 Å². The number of carbonyl (C=O) groups excluding carboxylic acids is 1. The first kappa shape index (κ1) is 13.4. The molecule has 2 N–H and O–H groups in total. The number of ether oxygens (including phenoxy) is 1. The Morgan fingerprint density at radius 2 is 2.21 bits per heavy atom. The van der Waals surface area contributed by atoms with Gasteiger partial charge in [0.2, 0.25) is 0 Å². The van der Waals surface area contributed by atoms with E-state index in [2.05, 4.69) is 17.0 Å². The van der Waals surface area contributed by atoms with Crippen molar-refractivity contribution in [2.45, 2.75) is 45.2 Å². The number of hydrogen-bond donors (Lipinski definition) is 2. The van der Waals surface area contributed by atoms with Gasteiger partial charge in [-0.25, -0.2) is 0 Å². The van der Waals surface area contributed by atoms with Crippen molar-refractivity contribution in [3.05, 3.63) is 0 Å². The maximum absolute atomic E-state index is 10.9. The summed E-state index contributed by atoms with van der Waals surface area (Å²) in [6, 6.07) is 0.374. The summed E-state index contributed by atoms with van der Waals surface area (Å²) in [5.74, 6) is -0.205. The molecule has 0 aromatic heterocycles. The van der Waals surface area contributed by atoms with E-state index in [1.165, 1.54) is 7.11 Å². The molecule has 0 spiro atoms. The van der Waals surface area contributed by atoms with E-state index in [-0.39, 0.29) is 24.7 Å². The number of methoxy groups -OCH3 is 1. The van der Waals surface area contributed by atoms with Crippen molar-refractivity contribution in [3.63, 3.8) is 0 Å². The number of aliphatic hydroxyl groups is 1. The van der Waals surface area contributed by atoms with Crippen LogP contribution in [0.25, 0.3) is 0 Å². The maximum atomic E-state index is 10.9. The molecular weight excluding hydrogens is 182 g/mol. The molecule has 4 heteroatoms. The van der Waals surface area contributed by atoms with Gasteiger partial charge >= 0.3 is 5.97 Å². The first-order valence-corrected chi connectivity index (χ1v) is 5.07. The summed E-state index contributed by atoms with van der Waals surface area (Å²) < 4.78 is 4.57. The SMILES string of the molecule is CCC(CCO)NC(C)CC(=O)OC. The van der Waals surface area contributed by atoms with Crippen LogP contribution < -0.4 is 5.32 Å². The second-order valence-corrected chi connectivity index (χ2v) is 3.47. The highest BCUT2D eigenvalue weighted by Crippen LogP contribution is 2.01. The molecule has 0 saturated heterocycles. The van der Waals surface area contributed by atoms with Crippen LogP contribution in [0.5, 0.6) is 0 Å². The molecule has 14 heavy (non-hydrogen) atoms. The van der Waals surface area contributed by atoms with Crippen molar-refractivity contribution in [2.75, 3.05) is 13.7 Å². The summed E-state index contributed by atoms with van der Waals surface area (Å²) in [5.41, 5.74) is 0. The van der Waals surface area contributed by atoms with Crippen molar-refractivity contribution < 1.29 is 14.6 Å². The molecule has 0 heterocycles. The van der Waals surface area contributed by atoms with Crippen molar-refractivity contribution in [1.82, 2.24) is 5.32 Å². The molecule has 4 nitrogen and oxygen atoms in total. The Morgan fingerprint density at radius 1 is 1.57 bits per heavy atom. The van der Waals surface area contributed by atoms with E-state index in [1.54, 1.807) is 0 Å². The molecule has 0 amide bonds. The summed E-state index contributed by atoms with van der Waals surface area (Å²) in [5, 5.41) is 12.0. The van der Waals surface area contributed by atoms with E-state index in [1.807, 2.05) is 6.92 Å². The smallest absolute Gasteiger partial charge is 0.307 e. The zero-order valence-electron chi connectivity index (χ0n) is 9.25. The largest absolute Gasteiger partial charge is 0.469 e. The third-order valence-electron chi connectivity index (χ3n) is 2.19. The molecule has 2 unspecified atom stereocenters. The van der Waals surface area contributed by atoms with Gasteiger partial charge in [-0.3, -0.25) is 4.79 Å². The fraction of sp³-hybridized carbons (Fsp3) is 0.900. The second-order valence-electron chi connectivity index (χ2n) is 3.47. The van der Waals surface area contributed by atoms with E-state index in [0.29, 0.717) is 6.42 Å². The van der Waals surface area contributed by atoms with Gasteiger partial charge in [-0.1, -0.05) is 6.92 Å². The first-order valence-electron chi connectivity index (χ1n) is 5.07. The Labute approximate surface area is 85.6 Å². The van der Waals surface area contributed by atoms with Crippen LogP contribution in [0.15, 0.2) is 0 Å². The quantitative estimate of drug-likeness (QED) is 0.598. The van der Waals surface area contributed by atoms with Crippen LogP contribution in [0, 0.1) is 0 Å². The zero-order chi connectivity index (χ0) is 11.0. The molecular formula is C10H21NO3. The van der Waals surface area contributed by atoms with Gasteiger partial charge in [0.15, 0.2) is 0 Å². The lowest BCUT2D eigenvalue weighted by atomic mass is 10.1. The van der Waals surface area contributed by atoms with Crippen molar-refractivity contribution in [2.24, 2.45) is 0 Å². The van der Waals surface area contributed by atoms with Crippen LogP contribution in [-0.4, -0.2) is 36.9 Å². The zero-order valence-corrected chi connectivity index (χ0v) is 9.25. The average Bonchev–Trinajstić information content (AvgIpc) is 2.16. The van der Waals surface area contributed by atoms with Crippen LogP contribution in [-0.2, 0) is 9.53 Å². The third kappa shape index (κ3) is 5.94. The molecule has 0 aliphatic heterocycles. The van der Waals surface area contributed by atoms with E-state index in [4.69, 9.17) is 5.11 Å². The Hall–Kier alpha value is -0.610. The minimum Gasteiger partial charge on any atom is -0.469 e. The van der Waals surface area contributed by atoms with Gasteiger partial charge < -0.3 is 15.2 Å². The highest BCUT2D eigenvalue weighted by atomic mass is 16.5. The molecule has 0 saturated carbocycles. The van der Waals surface area contributed by atoms with Crippen LogP contribution in [0.2, 0.25) is 0 Å². The predicted molar refractivity (Wildman–Crippen MR) is 55.0 cm³/mol. The van der Waals surface area contributed by atoms with Crippen molar-refractivity contribution in [1.29, 1.82) is 0 Å². The molecule has 0 aliphatic carbocycles. The molecule has 0 aromatic rings. The summed E-state index contributed by atoms with van der Waals surface area (Å²) in [6.45, 7) is 4.17. The number of carbonyl (C=O) groups is 1. The highest BCUT2D eigenvalue weighted by Gasteiger charge is 2.13. The molecule has 0 fully saturated rings. The van der Waals surface area contributed by atoms with E-state index in [0.717, 1.165) is 12.8 Å². The Kier molecular flexibility index (Phi) is 7.42. The summed E-state index contributed by atoms with van der Waals surface area (Å²) in [6.07, 6.45) is 2.05. The number of nitrogens with one attached hydrogen (secondary N) is 1. The normalized spacial score (nSPS) is 14.9. The van der Waals surface area contributed by atoms with Crippen molar-refractivity contribution in [3.8, 4) is 0 Å². The Bertz CT molecular complexity index is 161. The lowest BCUT2D eigenvalue weighted by Gasteiger charge is -2.20. The van der Waals surface area contributed by atoms with Crippen LogP contribution in [0.4, 0.5) is 0 Å². The molecule has 2 atom stereocenters. The highest BCUT2D eigenvalue weighted by molar-refractivity contribution is 5.69.